The fraction of sp³-hybridized carbons (Fsp3) is 0.133. The molecule has 3 N–H and O–H groups in total. The number of rotatable bonds is 3. The fourth-order valence-corrected chi connectivity index (χ4v) is 2.07. The van der Waals surface area contributed by atoms with E-state index < -0.39 is 0 Å². The molecule has 0 saturated heterocycles. The maximum atomic E-state index is 5.90. The fourth-order valence-electron chi connectivity index (χ4n) is 2.07. The summed E-state index contributed by atoms with van der Waals surface area (Å²) in [6, 6.07) is 11.7. The first-order valence-corrected chi connectivity index (χ1v) is 6.17. The minimum Gasteiger partial charge on any atom is -0.457 e. The Bertz CT molecular complexity index is 707. The van der Waals surface area contributed by atoms with Gasteiger partial charge in [0, 0.05) is 17.5 Å². The average molecular weight is 290 g/mol. The highest BCUT2D eigenvalue weighted by Gasteiger charge is 2.07. The van der Waals surface area contributed by atoms with Crippen LogP contribution in [0.3, 0.4) is 0 Å². The summed E-state index contributed by atoms with van der Waals surface area (Å²) >= 11 is 0. The molecule has 0 aliphatic heterocycles. The highest BCUT2D eigenvalue weighted by atomic mass is 35.5. The lowest BCUT2D eigenvalue weighted by Gasteiger charge is -2.09. The van der Waals surface area contributed by atoms with Crippen molar-refractivity contribution in [2.45, 2.75) is 13.5 Å². The van der Waals surface area contributed by atoms with E-state index in [1.807, 2.05) is 49.5 Å². The molecule has 0 fully saturated rings. The molecule has 0 saturated carbocycles. The predicted octanol–water partition coefficient (Wildman–Crippen LogP) is 3.54. The first-order valence-electron chi connectivity index (χ1n) is 6.17. The number of fused-ring (bicyclic) bond motifs is 1. The molecular formula is C15H16ClN3O. The number of nitrogens with two attached hydrogens (primary N) is 1. The number of hydrogen-bond acceptors (Lipinski definition) is 3. The van der Waals surface area contributed by atoms with E-state index in [1.165, 1.54) is 0 Å². The van der Waals surface area contributed by atoms with Gasteiger partial charge in [0.2, 0.25) is 0 Å². The number of nitrogens with one attached hydrogen (secondary N) is 1. The van der Waals surface area contributed by atoms with Gasteiger partial charge in [-0.1, -0.05) is 12.1 Å². The summed E-state index contributed by atoms with van der Waals surface area (Å²) in [4.78, 5) is 0. The number of H-pyrrole nitrogens is 1. The van der Waals surface area contributed by atoms with Gasteiger partial charge in [0.1, 0.15) is 11.5 Å². The topological polar surface area (TPSA) is 63.9 Å². The van der Waals surface area contributed by atoms with Crippen LogP contribution in [0, 0.1) is 6.92 Å². The van der Waals surface area contributed by atoms with Crippen molar-refractivity contribution in [3.63, 3.8) is 0 Å². The molecule has 20 heavy (non-hydrogen) atoms. The Morgan fingerprint density at radius 1 is 1.15 bits per heavy atom. The first kappa shape index (κ1) is 14.4. The van der Waals surface area contributed by atoms with Crippen molar-refractivity contribution in [1.82, 2.24) is 10.2 Å². The van der Waals surface area contributed by atoms with E-state index in [1.54, 1.807) is 0 Å². The van der Waals surface area contributed by atoms with E-state index in [0.29, 0.717) is 6.54 Å². The molecule has 0 aliphatic rings. The van der Waals surface area contributed by atoms with Crippen molar-refractivity contribution in [3.8, 4) is 11.5 Å². The summed E-state index contributed by atoms with van der Waals surface area (Å²) in [6.07, 6.45) is 1.81. The molecule has 0 unspecified atom stereocenters. The number of halogens is 1. The summed E-state index contributed by atoms with van der Waals surface area (Å²) in [6.45, 7) is 2.57. The molecule has 1 aromatic heterocycles. The minimum absolute atomic E-state index is 0. The number of aromatic nitrogens is 2. The first-order chi connectivity index (χ1) is 9.28. The van der Waals surface area contributed by atoms with E-state index in [-0.39, 0.29) is 12.4 Å². The molecule has 0 atom stereocenters. The second-order valence-electron chi connectivity index (χ2n) is 4.47. The Morgan fingerprint density at radius 2 is 1.90 bits per heavy atom. The number of nitrogens with zero attached hydrogens (tertiary/aromatic N) is 1. The number of hydrogen-bond donors (Lipinski definition) is 2. The van der Waals surface area contributed by atoms with Crippen molar-refractivity contribution >= 4 is 23.3 Å². The van der Waals surface area contributed by atoms with Crippen LogP contribution in [0.1, 0.15) is 11.1 Å². The van der Waals surface area contributed by atoms with E-state index in [0.717, 1.165) is 33.5 Å². The number of aryl methyl sites for hydroxylation is 1. The van der Waals surface area contributed by atoms with Crippen LogP contribution < -0.4 is 10.5 Å². The molecule has 3 aromatic rings. The molecule has 0 amide bonds. The SMILES string of the molecule is Cc1c(Oc2ccc(CN)cc2)ccc2[nH]ncc12.Cl. The van der Waals surface area contributed by atoms with Gasteiger partial charge in [-0.3, -0.25) is 5.10 Å². The average Bonchev–Trinajstić information content (AvgIpc) is 2.92. The largest absolute Gasteiger partial charge is 0.457 e. The molecule has 0 bridgehead atoms. The van der Waals surface area contributed by atoms with Crippen molar-refractivity contribution in [1.29, 1.82) is 0 Å². The third kappa shape index (κ3) is 2.61. The zero-order valence-corrected chi connectivity index (χ0v) is 11.9. The lowest BCUT2D eigenvalue weighted by molar-refractivity contribution is 0.479. The van der Waals surface area contributed by atoms with Crippen LogP contribution in [0.15, 0.2) is 42.6 Å². The Hall–Kier alpha value is -2.04. The molecule has 3 rings (SSSR count). The van der Waals surface area contributed by atoms with Crippen LogP contribution in [0.4, 0.5) is 0 Å². The van der Waals surface area contributed by atoms with Crippen molar-refractivity contribution in [3.05, 3.63) is 53.7 Å². The van der Waals surface area contributed by atoms with Crippen molar-refractivity contribution in [2.75, 3.05) is 0 Å². The van der Waals surface area contributed by atoms with Crippen LogP contribution in [-0.4, -0.2) is 10.2 Å². The molecule has 1 heterocycles. The van der Waals surface area contributed by atoms with Gasteiger partial charge in [0.25, 0.3) is 0 Å². The van der Waals surface area contributed by atoms with Crippen molar-refractivity contribution in [2.24, 2.45) is 5.73 Å². The quantitative estimate of drug-likeness (QED) is 0.775. The summed E-state index contributed by atoms with van der Waals surface area (Å²) in [5.41, 5.74) is 8.76. The summed E-state index contributed by atoms with van der Waals surface area (Å²) < 4.78 is 5.90. The minimum atomic E-state index is 0. The van der Waals surface area contributed by atoms with Crippen LogP contribution >= 0.6 is 12.4 Å². The Balaban J connectivity index is 0.00000147. The van der Waals surface area contributed by atoms with E-state index >= 15 is 0 Å². The molecule has 2 aromatic carbocycles. The van der Waals surface area contributed by atoms with Gasteiger partial charge in [-0.15, -0.1) is 12.4 Å². The Labute approximate surface area is 123 Å². The van der Waals surface area contributed by atoms with Crippen molar-refractivity contribution < 1.29 is 4.74 Å². The number of benzene rings is 2. The number of aromatic amines is 1. The predicted molar refractivity (Wildman–Crippen MR) is 82.5 cm³/mol. The zero-order chi connectivity index (χ0) is 13.2. The molecule has 0 radical (unpaired) electrons. The normalized spacial score (nSPS) is 10.3. The molecular weight excluding hydrogens is 274 g/mol. The van der Waals surface area contributed by atoms with Gasteiger partial charge in [-0.25, -0.2) is 0 Å². The van der Waals surface area contributed by atoms with Gasteiger partial charge in [-0.2, -0.15) is 5.10 Å². The highest BCUT2D eigenvalue weighted by Crippen LogP contribution is 2.29. The Kier molecular flexibility index (Phi) is 4.27. The standard InChI is InChI=1S/C15H15N3O.ClH/c1-10-13-9-17-18-14(13)6-7-15(10)19-12-4-2-11(8-16)3-5-12;/h2-7,9H,8,16H2,1H3,(H,17,18);1H. The van der Waals surface area contributed by atoms with Crippen LogP contribution in [0.2, 0.25) is 0 Å². The van der Waals surface area contributed by atoms with Gasteiger partial charge < -0.3 is 10.5 Å². The van der Waals surface area contributed by atoms with E-state index in [4.69, 9.17) is 10.5 Å². The van der Waals surface area contributed by atoms with Gasteiger partial charge in [-0.05, 0) is 36.8 Å². The molecule has 104 valence electrons. The molecule has 5 heteroatoms. The molecule has 4 nitrogen and oxygen atoms in total. The summed E-state index contributed by atoms with van der Waals surface area (Å²) in [5.74, 6) is 1.65. The van der Waals surface area contributed by atoms with Crippen LogP contribution in [0.5, 0.6) is 11.5 Å². The lowest BCUT2D eigenvalue weighted by atomic mass is 10.1. The monoisotopic (exact) mass is 289 g/mol. The smallest absolute Gasteiger partial charge is 0.131 e. The van der Waals surface area contributed by atoms with Gasteiger partial charge in [0.05, 0.1) is 11.7 Å². The third-order valence-corrected chi connectivity index (χ3v) is 3.23. The Morgan fingerprint density at radius 3 is 2.60 bits per heavy atom. The van der Waals surface area contributed by atoms with E-state index in [9.17, 15) is 0 Å². The maximum absolute atomic E-state index is 5.90. The van der Waals surface area contributed by atoms with E-state index in [2.05, 4.69) is 10.2 Å². The van der Waals surface area contributed by atoms with Gasteiger partial charge in [0.15, 0.2) is 0 Å². The summed E-state index contributed by atoms with van der Waals surface area (Å²) in [5, 5.41) is 8.07. The second-order valence-corrected chi connectivity index (χ2v) is 4.47. The van der Waals surface area contributed by atoms with Gasteiger partial charge >= 0.3 is 0 Å². The lowest BCUT2D eigenvalue weighted by Crippen LogP contribution is -1.95. The molecule has 0 spiro atoms. The molecule has 0 aliphatic carbocycles. The highest BCUT2D eigenvalue weighted by molar-refractivity contribution is 5.85. The maximum Gasteiger partial charge on any atom is 0.131 e. The second kappa shape index (κ2) is 5.94. The third-order valence-electron chi connectivity index (χ3n) is 3.23. The van der Waals surface area contributed by atoms with Crippen LogP contribution in [0.25, 0.3) is 10.9 Å². The summed E-state index contributed by atoms with van der Waals surface area (Å²) in [7, 11) is 0. The number of ether oxygens (including phenoxy) is 1. The van der Waals surface area contributed by atoms with Crippen LogP contribution in [-0.2, 0) is 6.54 Å². The zero-order valence-electron chi connectivity index (χ0n) is 11.1.